The maximum atomic E-state index is 12.2. The van der Waals surface area contributed by atoms with Crippen molar-refractivity contribution in [3.05, 3.63) is 35.2 Å². The molecule has 0 fully saturated rings. The van der Waals surface area contributed by atoms with Gasteiger partial charge in [0.1, 0.15) is 11.0 Å². The van der Waals surface area contributed by atoms with Gasteiger partial charge in [-0.2, -0.15) is 20.5 Å². The lowest BCUT2D eigenvalue weighted by Crippen LogP contribution is -2.12. The number of fused-ring (bicyclic) bond motifs is 1. The van der Waals surface area contributed by atoms with Crippen LogP contribution in [-0.2, 0) is 0 Å². The molecule has 1 amide bonds. The molecule has 3 aromatic rings. The van der Waals surface area contributed by atoms with E-state index < -0.39 is 0 Å². The normalized spacial score (nSPS) is 10.8. The molecule has 0 bridgehead atoms. The van der Waals surface area contributed by atoms with Crippen LogP contribution in [0.4, 0.5) is 5.69 Å². The first-order valence-electron chi connectivity index (χ1n) is 5.78. The Bertz CT molecular complexity index is 737. The Morgan fingerprint density at radius 2 is 1.95 bits per heavy atom. The predicted molar refractivity (Wildman–Crippen MR) is 69.9 cm³/mol. The van der Waals surface area contributed by atoms with Gasteiger partial charge in [0.25, 0.3) is 5.91 Å². The Kier molecular flexibility index (Phi) is 2.52. The fraction of sp³-hybridized carbons (Fsp3) is 0.167. The molecule has 7 nitrogen and oxygen atoms in total. The van der Waals surface area contributed by atoms with Gasteiger partial charge in [0.05, 0.1) is 17.1 Å². The molecule has 0 radical (unpaired) electrons. The number of nitrogens with one attached hydrogen (secondary N) is 3. The van der Waals surface area contributed by atoms with Gasteiger partial charge < -0.3 is 5.32 Å². The van der Waals surface area contributed by atoms with Gasteiger partial charge in [-0.25, -0.2) is 0 Å². The number of hydrogen-bond donors (Lipinski definition) is 3. The van der Waals surface area contributed by atoms with E-state index in [9.17, 15) is 4.79 Å². The fourth-order valence-electron chi connectivity index (χ4n) is 1.90. The summed E-state index contributed by atoms with van der Waals surface area (Å²) in [6.07, 6.45) is 0. The number of aromatic amines is 2. The van der Waals surface area contributed by atoms with Crippen LogP contribution >= 0.6 is 0 Å². The lowest BCUT2D eigenvalue weighted by Gasteiger charge is -2.04. The first-order chi connectivity index (χ1) is 9.15. The van der Waals surface area contributed by atoms with Gasteiger partial charge >= 0.3 is 0 Å². The molecule has 1 aromatic carbocycles. The molecular weight excluding hydrogens is 244 g/mol. The largest absolute Gasteiger partial charge is 0.319 e. The monoisotopic (exact) mass is 256 g/mol. The molecule has 96 valence electrons. The third-order valence-corrected chi connectivity index (χ3v) is 2.95. The number of aryl methyl sites for hydroxylation is 2. The number of anilines is 1. The third-order valence-electron chi connectivity index (χ3n) is 2.95. The molecule has 0 aliphatic rings. The van der Waals surface area contributed by atoms with Crippen LogP contribution in [0, 0.1) is 13.8 Å². The SMILES string of the molecule is Cc1n[nH]c(C)c1NC(=O)c1ccc2n[nH]nc2c1. The van der Waals surface area contributed by atoms with E-state index in [1.807, 2.05) is 13.8 Å². The molecule has 0 aliphatic heterocycles. The summed E-state index contributed by atoms with van der Waals surface area (Å²) in [5.74, 6) is -0.197. The number of H-pyrrole nitrogens is 2. The first kappa shape index (κ1) is 11.4. The Morgan fingerprint density at radius 3 is 2.68 bits per heavy atom. The van der Waals surface area contributed by atoms with Gasteiger partial charge in [0, 0.05) is 5.56 Å². The molecule has 0 saturated heterocycles. The number of carbonyl (C=O) groups is 1. The molecule has 0 unspecified atom stereocenters. The third kappa shape index (κ3) is 1.95. The van der Waals surface area contributed by atoms with Gasteiger partial charge in [0.2, 0.25) is 0 Å². The highest BCUT2D eigenvalue weighted by Gasteiger charge is 2.12. The van der Waals surface area contributed by atoms with E-state index >= 15 is 0 Å². The van der Waals surface area contributed by atoms with Crippen LogP contribution in [0.5, 0.6) is 0 Å². The molecule has 0 spiro atoms. The van der Waals surface area contributed by atoms with Gasteiger partial charge in [-0.3, -0.25) is 9.89 Å². The minimum absolute atomic E-state index is 0.197. The summed E-state index contributed by atoms with van der Waals surface area (Å²) < 4.78 is 0. The van der Waals surface area contributed by atoms with Crippen LogP contribution in [0.1, 0.15) is 21.7 Å². The second kappa shape index (κ2) is 4.20. The van der Waals surface area contributed by atoms with Crippen molar-refractivity contribution in [3.8, 4) is 0 Å². The highest BCUT2D eigenvalue weighted by Crippen LogP contribution is 2.18. The number of benzene rings is 1. The maximum absolute atomic E-state index is 12.2. The first-order valence-corrected chi connectivity index (χ1v) is 5.78. The summed E-state index contributed by atoms with van der Waals surface area (Å²) in [7, 11) is 0. The zero-order valence-electron chi connectivity index (χ0n) is 10.5. The number of aromatic nitrogens is 5. The molecular formula is C12H12N6O. The standard InChI is InChI=1S/C12H12N6O/c1-6-11(7(2)15-14-6)13-12(19)8-3-4-9-10(5-8)17-18-16-9/h3-5H,1-2H3,(H,13,19)(H,14,15)(H,16,17,18). The molecule has 2 aromatic heterocycles. The van der Waals surface area contributed by atoms with E-state index in [-0.39, 0.29) is 5.91 Å². The van der Waals surface area contributed by atoms with Crippen LogP contribution in [0.25, 0.3) is 11.0 Å². The smallest absolute Gasteiger partial charge is 0.255 e. The highest BCUT2D eigenvalue weighted by molar-refractivity contribution is 6.06. The van der Waals surface area contributed by atoms with Crippen molar-refractivity contribution in [3.63, 3.8) is 0 Å². The van der Waals surface area contributed by atoms with E-state index in [1.165, 1.54) is 0 Å². The van der Waals surface area contributed by atoms with Crippen LogP contribution in [-0.4, -0.2) is 31.5 Å². The van der Waals surface area contributed by atoms with Gasteiger partial charge in [0.15, 0.2) is 0 Å². The zero-order chi connectivity index (χ0) is 13.4. The summed E-state index contributed by atoms with van der Waals surface area (Å²) in [4.78, 5) is 12.2. The van der Waals surface area contributed by atoms with Gasteiger partial charge in [-0.15, -0.1) is 0 Å². The minimum atomic E-state index is -0.197. The maximum Gasteiger partial charge on any atom is 0.255 e. The van der Waals surface area contributed by atoms with E-state index in [4.69, 9.17) is 0 Å². The summed E-state index contributed by atoms with van der Waals surface area (Å²) in [6, 6.07) is 5.16. The average molecular weight is 256 g/mol. The Balaban J connectivity index is 1.91. The van der Waals surface area contributed by atoms with Crippen molar-refractivity contribution in [2.24, 2.45) is 0 Å². The predicted octanol–water partition coefficient (Wildman–Crippen LogP) is 1.55. The summed E-state index contributed by atoms with van der Waals surface area (Å²) in [5.41, 5.74) is 4.22. The Labute approximate surface area is 108 Å². The summed E-state index contributed by atoms with van der Waals surface area (Å²) >= 11 is 0. The fourth-order valence-corrected chi connectivity index (χ4v) is 1.90. The van der Waals surface area contributed by atoms with E-state index in [0.717, 1.165) is 16.9 Å². The highest BCUT2D eigenvalue weighted by atomic mass is 16.1. The van der Waals surface area contributed by atoms with Crippen molar-refractivity contribution in [1.82, 2.24) is 25.6 Å². The van der Waals surface area contributed by atoms with Crippen molar-refractivity contribution in [2.45, 2.75) is 13.8 Å². The van der Waals surface area contributed by atoms with Crippen molar-refractivity contribution in [2.75, 3.05) is 5.32 Å². The quantitative estimate of drug-likeness (QED) is 0.647. The van der Waals surface area contributed by atoms with E-state index in [0.29, 0.717) is 16.8 Å². The molecule has 3 rings (SSSR count). The molecule has 0 aliphatic carbocycles. The molecule has 0 saturated carbocycles. The Hall–Kier alpha value is -2.70. The van der Waals surface area contributed by atoms with Crippen molar-refractivity contribution < 1.29 is 4.79 Å². The number of rotatable bonds is 2. The topological polar surface area (TPSA) is 99.4 Å². The number of nitrogens with zero attached hydrogens (tertiary/aromatic N) is 3. The van der Waals surface area contributed by atoms with Gasteiger partial charge in [-0.05, 0) is 32.0 Å². The van der Waals surface area contributed by atoms with Crippen LogP contribution in [0.2, 0.25) is 0 Å². The molecule has 3 N–H and O–H groups in total. The van der Waals surface area contributed by atoms with Gasteiger partial charge in [-0.1, -0.05) is 0 Å². The number of carbonyl (C=O) groups excluding carboxylic acids is 1. The molecule has 7 heteroatoms. The zero-order valence-corrected chi connectivity index (χ0v) is 10.5. The van der Waals surface area contributed by atoms with E-state index in [2.05, 4.69) is 30.9 Å². The lowest BCUT2D eigenvalue weighted by atomic mass is 10.2. The molecule has 0 atom stereocenters. The Morgan fingerprint density at radius 1 is 1.16 bits per heavy atom. The van der Waals surface area contributed by atoms with Crippen LogP contribution in [0.3, 0.4) is 0 Å². The number of amides is 1. The van der Waals surface area contributed by atoms with Crippen LogP contribution in [0.15, 0.2) is 18.2 Å². The summed E-state index contributed by atoms with van der Waals surface area (Å²) in [5, 5.41) is 20.1. The van der Waals surface area contributed by atoms with Crippen LogP contribution < -0.4 is 5.32 Å². The lowest BCUT2D eigenvalue weighted by molar-refractivity contribution is 0.102. The second-order valence-electron chi connectivity index (χ2n) is 4.29. The summed E-state index contributed by atoms with van der Waals surface area (Å²) in [6.45, 7) is 3.69. The van der Waals surface area contributed by atoms with Crippen molar-refractivity contribution in [1.29, 1.82) is 0 Å². The second-order valence-corrected chi connectivity index (χ2v) is 4.29. The number of hydrogen-bond acceptors (Lipinski definition) is 4. The molecule has 19 heavy (non-hydrogen) atoms. The van der Waals surface area contributed by atoms with Crippen molar-refractivity contribution >= 4 is 22.6 Å². The average Bonchev–Trinajstić information content (AvgIpc) is 2.99. The molecule has 2 heterocycles. The minimum Gasteiger partial charge on any atom is -0.319 e. The van der Waals surface area contributed by atoms with E-state index in [1.54, 1.807) is 18.2 Å².